The van der Waals surface area contributed by atoms with Gasteiger partial charge in [-0.05, 0) is 42.5 Å². The number of halogens is 2. The van der Waals surface area contributed by atoms with Crippen molar-refractivity contribution in [3.8, 4) is 0 Å². The summed E-state index contributed by atoms with van der Waals surface area (Å²) >= 11 is 0. The Balaban J connectivity index is 1.71. The number of hydrogen-bond donors (Lipinski definition) is 2. The highest BCUT2D eigenvalue weighted by Gasteiger charge is 2.15. The first-order chi connectivity index (χ1) is 13.0. The van der Waals surface area contributed by atoms with Crippen LogP contribution < -0.4 is 10.6 Å². The number of carbonyl (C=O) groups excluding carboxylic acids is 2. The van der Waals surface area contributed by atoms with Gasteiger partial charge < -0.3 is 10.6 Å². The average molecular weight is 367 g/mol. The maximum Gasteiger partial charge on any atom is 0.255 e. The zero-order valence-electron chi connectivity index (χ0n) is 14.1. The van der Waals surface area contributed by atoms with Crippen molar-refractivity contribution in [1.29, 1.82) is 0 Å². The maximum absolute atomic E-state index is 13.7. The summed E-state index contributed by atoms with van der Waals surface area (Å²) in [6.07, 6.45) is 1.62. The van der Waals surface area contributed by atoms with E-state index >= 15 is 0 Å². The zero-order valence-corrected chi connectivity index (χ0v) is 14.1. The number of nitrogens with one attached hydrogen (secondary N) is 2. The van der Waals surface area contributed by atoms with Crippen LogP contribution in [0.2, 0.25) is 0 Å². The molecule has 0 atom stereocenters. The zero-order chi connectivity index (χ0) is 19.2. The van der Waals surface area contributed by atoms with Crippen LogP contribution in [0, 0.1) is 11.6 Å². The minimum absolute atomic E-state index is 0.100. The van der Waals surface area contributed by atoms with Crippen LogP contribution in [-0.4, -0.2) is 16.8 Å². The average Bonchev–Trinajstić information content (AvgIpc) is 2.70. The summed E-state index contributed by atoms with van der Waals surface area (Å²) < 4.78 is 27.3. The van der Waals surface area contributed by atoms with Gasteiger partial charge in [0.05, 0.1) is 12.2 Å². The van der Waals surface area contributed by atoms with E-state index in [1.807, 2.05) is 0 Å². The predicted molar refractivity (Wildman–Crippen MR) is 96.2 cm³/mol. The lowest BCUT2D eigenvalue weighted by atomic mass is 10.1. The summed E-state index contributed by atoms with van der Waals surface area (Å²) in [6, 6.07) is 14.5. The second kappa shape index (κ2) is 8.18. The van der Waals surface area contributed by atoms with E-state index in [-0.39, 0.29) is 17.7 Å². The fraction of sp³-hybridized carbons (Fsp3) is 0.0500. The molecule has 0 saturated carbocycles. The first-order valence-corrected chi connectivity index (χ1v) is 8.08. The molecule has 0 aliphatic heterocycles. The largest absolute Gasteiger partial charge is 0.346 e. The van der Waals surface area contributed by atoms with Gasteiger partial charge in [-0.15, -0.1) is 0 Å². The Hall–Kier alpha value is -3.61. The second-order valence-electron chi connectivity index (χ2n) is 5.64. The monoisotopic (exact) mass is 367 g/mol. The van der Waals surface area contributed by atoms with Gasteiger partial charge in [0.2, 0.25) is 0 Å². The number of carbonyl (C=O) groups is 2. The van der Waals surface area contributed by atoms with Crippen LogP contribution >= 0.6 is 0 Å². The fourth-order valence-corrected chi connectivity index (χ4v) is 2.38. The van der Waals surface area contributed by atoms with Crippen molar-refractivity contribution in [2.75, 3.05) is 5.32 Å². The van der Waals surface area contributed by atoms with E-state index in [9.17, 15) is 18.4 Å². The van der Waals surface area contributed by atoms with Gasteiger partial charge in [-0.1, -0.05) is 18.2 Å². The molecule has 0 radical (unpaired) electrons. The van der Waals surface area contributed by atoms with Gasteiger partial charge in [0.25, 0.3) is 11.8 Å². The van der Waals surface area contributed by atoms with Crippen LogP contribution in [0.15, 0.2) is 66.9 Å². The lowest BCUT2D eigenvalue weighted by Gasteiger charge is -2.09. The number of aromatic nitrogens is 1. The van der Waals surface area contributed by atoms with Gasteiger partial charge in [0.15, 0.2) is 0 Å². The van der Waals surface area contributed by atoms with Crippen molar-refractivity contribution >= 4 is 17.5 Å². The molecule has 1 heterocycles. The van der Waals surface area contributed by atoms with Crippen molar-refractivity contribution < 1.29 is 18.4 Å². The van der Waals surface area contributed by atoms with Crippen LogP contribution in [0.5, 0.6) is 0 Å². The van der Waals surface area contributed by atoms with Crippen LogP contribution in [-0.2, 0) is 6.54 Å². The molecule has 3 aromatic rings. The number of anilines is 1. The molecule has 7 heteroatoms. The third kappa shape index (κ3) is 4.52. The number of rotatable bonds is 5. The summed E-state index contributed by atoms with van der Waals surface area (Å²) in [6.45, 7) is 0.233. The Morgan fingerprint density at radius 3 is 2.19 bits per heavy atom. The number of amides is 2. The highest BCUT2D eigenvalue weighted by Crippen LogP contribution is 2.19. The Kier molecular flexibility index (Phi) is 5.51. The molecule has 3 rings (SSSR count). The molecule has 2 amide bonds. The number of pyridine rings is 1. The summed E-state index contributed by atoms with van der Waals surface area (Å²) in [5.74, 6) is -2.88. The molecule has 2 N–H and O–H groups in total. The van der Waals surface area contributed by atoms with Crippen LogP contribution in [0.25, 0.3) is 0 Å². The molecule has 0 fully saturated rings. The second-order valence-corrected chi connectivity index (χ2v) is 5.64. The number of nitrogens with zero attached hydrogens (tertiary/aromatic N) is 1. The van der Waals surface area contributed by atoms with Crippen molar-refractivity contribution in [3.63, 3.8) is 0 Å². The van der Waals surface area contributed by atoms with Crippen LogP contribution in [0.1, 0.15) is 26.4 Å². The summed E-state index contributed by atoms with van der Waals surface area (Å²) in [7, 11) is 0. The molecule has 0 saturated heterocycles. The van der Waals surface area contributed by atoms with E-state index in [4.69, 9.17) is 0 Å². The van der Waals surface area contributed by atoms with E-state index in [1.165, 1.54) is 30.3 Å². The smallest absolute Gasteiger partial charge is 0.255 e. The fourth-order valence-electron chi connectivity index (χ4n) is 2.38. The number of benzene rings is 2. The number of hydrogen-bond acceptors (Lipinski definition) is 3. The molecular formula is C20H15F2N3O2. The topological polar surface area (TPSA) is 71.1 Å². The lowest BCUT2D eigenvalue weighted by Crippen LogP contribution is -2.24. The summed E-state index contributed by atoms with van der Waals surface area (Å²) in [5.41, 5.74) is 0.498. The van der Waals surface area contributed by atoms with Gasteiger partial charge in [-0.3, -0.25) is 14.6 Å². The Bertz CT molecular complexity index is 958. The molecule has 1 aromatic heterocycles. The van der Waals surface area contributed by atoms with E-state index < -0.39 is 29.1 Å². The van der Waals surface area contributed by atoms with Gasteiger partial charge in [0, 0.05) is 17.3 Å². The standard InChI is InChI=1S/C20H15F2N3O2/c21-16-8-4-9-17(22)18(16)25-20(27)14-6-3-5-13(11-14)19(26)24-12-15-7-1-2-10-23-15/h1-11H,12H2,(H,24,26)(H,25,27). The van der Waals surface area contributed by atoms with Gasteiger partial charge in [-0.25, -0.2) is 8.78 Å². The summed E-state index contributed by atoms with van der Waals surface area (Å²) in [5, 5.41) is 4.88. The molecule has 0 unspecified atom stereocenters. The lowest BCUT2D eigenvalue weighted by molar-refractivity contribution is 0.0950. The Labute approximate surface area is 154 Å². The van der Waals surface area contributed by atoms with E-state index in [0.29, 0.717) is 5.69 Å². The first-order valence-electron chi connectivity index (χ1n) is 8.08. The van der Waals surface area contributed by atoms with E-state index in [1.54, 1.807) is 24.4 Å². The first kappa shape index (κ1) is 18.2. The Morgan fingerprint density at radius 1 is 0.852 bits per heavy atom. The highest BCUT2D eigenvalue weighted by molar-refractivity contribution is 6.06. The van der Waals surface area contributed by atoms with Crippen molar-refractivity contribution in [3.05, 3.63) is 95.3 Å². The molecule has 2 aromatic carbocycles. The van der Waals surface area contributed by atoms with Gasteiger partial charge >= 0.3 is 0 Å². The Morgan fingerprint density at radius 2 is 1.52 bits per heavy atom. The van der Waals surface area contributed by atoms with Crippen molar-refractivity contribution in [2.24, 2.45) is 0 Å². The normalized spacial score (nSPS) is 10.3. The maximum atomic E-state index is 13.7. The van der Waals surface area contributed by atoms with Crippen LogP contribution in [0.3, 0.4) is 0 Å². The van der Waals surface area contributed by atoms with Crippen molar-refractivity contribution in [2.45, 2.75) is 6.54 Å². The quantitative estimate of drug-likeness (QED) is 0.725. The molecule has 0 aliphatic rings. The molecule has 136 valence electrons. The van der Waals surface area contributed by atoms with E-state index in [0.717, 1.165) is 12.1 Å². The predicted octanol–water partition coefficient (Wildman–Crippen LogP) is 3.54. The summed E-state index contributed by atoms with van der Waals surface area (Å²) in [4.78, 5) is 28.7. The molecule has 0 aliphatic carbocycles. The van der Waals surface area contributed by atoms with Gasteiger partial charge in [0.1, 0.15) is 17.3 Å². The third-order valence-electron chi connectivity index (χ3n) is 3.74. The highest BCUT2D eigenvalue weighted by atomic mass is 19.1. The molecule has 27 heavy (non-hydrogen) atoms. The SMILES string of the molecule is O=C(NCc1ccccn1)c1cccc(C(=O)Nc2c(F)cccc2F)c1. The van der Waals surface area contributed by atoms with E-state index in [2.05, 4.69) is 15.6 Å². The number of para-hydroxylation sites is 1. The van der Waals surface area contributed by atoms with Crippen LogP contribution in [0.4, 0.5) is 14.5 Å². The van der Waals surface area contributed by atoms with Gasteiger partial charge in [-0.2, -0.15) is 0 Å². The molecule has 5 nitrogen and oxygen atoms in total. The molecule has 0 bridgehead atoms. The molecular weight excluding hydrogens is 352 g/mol. The minimum Gasteiger partial charge on any atom is -0.346 e. The third-order valence-corrected chi connectivity index (χ3v) is 3.74. The van der Waals surface area contributed by atoms with Crippen molar-refractivity contribution in [1.82, 2.24) is 10.3 Å². The molecule has 0 spiro atoms. The minimum atomic E-state index is -0.882.